The van der Waals surface area contributed by atoms with Crippen molar-refractivity contribution in [2.24, 2.45) is 0 Å². The zero-order valence-electron chi connectivity index (χ0n) is 11.5. The van der Waals surface area contributed by atoms with Crippen LogP contribution in [0.15, 0.2) is 36.7 Å². The van der Waals surface area contributed by atoms with Gasteiger partial charge in [0.2, 0.25) is 5.91 Å². The van der Waals surface area contributed by atoms with Crippen LogP contribution in [0.1, 0.15) is 19.4 Å². The molecule has 110 valence electrons. The van der Waals surface area contributed by atoms with Gasteiger partial charge >= 0.3 is 0 Å². The standard InChI is InChI=1S/C15H13ClF2N2O/c1-15(2,11-4-3-5-12(16)13(11)18)14(21)20-10-6-9(17)7-19-8-10/h3-8H,1-2H3,(H,20,21). The van der Waals surface area contributed by atoms with Gasteiger partial charge in [-0.25, -0.2) is 8.78 Å². The first-order valence-corrected chi connectivity index (χ1v) is 6.56. The van der Waals surface area contributed by atoms with Crippen molar-refractivity contribution in [3.63, 3.8) is 0 Å². The minimum Gasteiger partial charge on any atom is -0.324 e. The van der Waals surface area contributed by atoms with E-state index in [1.807, 2.05) is 0 Å². The lowest BCUT2D eigenvalue weighted by Crippen LogP contribution is -2.35. The van der Waals surface area contributed by atoms with Crippen molar-refractivity contribution in [3.8, 4) is 0 Å². The van der Waals surface area contributed by atoms with Crippen molar-refractivity contribution < 1.29 is 13.6 Å². The van der Waals surface area contributed by atoms with Gasteiger partial charge in [0.05, 0.1) is 28.5 Å². The predicted octanol–water partition coefficient (Wildman–Crippen LogP) is 3.93. The molecule has 0 aliphatic rings. The average molecular weight is 311 g/mol. The average Bonchev–Trinajstić information content (AvgIpc) is 2.41. The van der Waals surface area contributed by atoms with E-state index in [4.69, 9.17) is 11.6 Å². The van der Waals surface area contributed by atoms with Crippen LogP contribution in [-0.4, -0.2) is 10.9 Å². The third-order valence-electron chi connectivity index (χ3n) is 3.16. The molecule has 0 fully saturated rings. The van der Waals surface area contributed by atoms with Gasteiger partial charge in [0, 0.05) is 11.6 Å². The first kappa shape index (κ1) is 15.4. The van der Waals surface area contributed by atoms with Crippen LogP contribution in [0.25, 0.3) is 0 Å². The number of nitrogens with zero attached hydrogens (tertiary/aromatic N) is 1. The highest BCUT2D eigenvalue weighted by Crippen LogP contribution is 2.30. The Morgan fingerprint density at radius 2 is 2.00 bits per heavy atom. The number of rotatable bonds is 3. The van der Waals surface area contributed by atoms with Gasteiger partial charge in [-0.2, -0.15) is 0 Å². The summed E-state index contributed by atoms with van der Waals surface area (Å²) in [6, 6.07) is 5.60. The molecule has 1 heterocycles. The van der Waals surface area contributed by atoms with Crippen molar-refractivity contribution in [2.45, 2.75) is 19.3 Å². The molecule has 1 aromatic heterocycles. The zero-order valence-corrected chi connectivity index (χ0v) is 12.2. The van der Waals surface area contributed by atoms with E-state index in [9.17, 15) is 13.6 Å². The molecule has 0 aliphatic carbocycles. The second kappa shape index (κ2) is 5.77. The van der Waals surface area contributed by atoms with Gasteiger partial charge in [-0.05, 0) is 19.9 Å². The van der Waals surface area contributed by atoms with Gasteiger partial charge in [0.15, 0.2) is 0 Å². The Morgan fingerprint density at radius 3 is 2.67 bits per heavy atom. The minimum absolute atomic E-state index is 0.0548. The number of carbonyl (C=O) groups is 1. The number of hydrogen-bond acceptors (Lipinski definition) is 2. The number of pyridine rings is 1. The van der Waals surface area contributed by atoms with Crippen LogP contribution >= 0.6 is 11.6 Å². The zero-order chi connectivity index (χ0) is 15.6. The molecule has 1 amide bonds. The molecule has 2 aromatic rings. The fourth-order valence-electron chi connectivity index (χ4n) is 1.88. The highest BCUT2D eigenvalue weighted by Gasteiger charge is 2.33. The monoisotopic (exact) mass is 310 g/mol. The molecular weight excluding hydrogens is 298 g/mol. The van der Waals surface area contributed by atoms with Gasteiger partial charge in [-0.1, -0.05) is 23.7 Å². The van der Waals surface area contributed by atoms with E-state index in [1.54, 1.807) is 19.9 Å². The highest BCUT2D eigenvalue weighted by molar-refractivity contribution is 6.30. The SMILES string of the molecule is CC(C)(C(=O)Nc1cncc(F)c1)c1cccc(Cl)c1F. The third kappa shape index (κ3) is 3.19. The van der Waals surface area contributed by atoms with Crippen molar-refractivity contribution in [1.29, 1.82) is 0 Å². The van der Waals surface area contributed by atoms with E-state index in [2.05, 4.69) is 10.3 Å². The van der Waals surface area contributed by atoms with E-state index in [0.717, 1.165) is 12.3 Å². The quantitative estimate of drug-likeness (QED) is 0.933. The Balaban J connectivity index is 2.30. The fraction of sp³-hybridized carbons (Fsp3) is 0.200. The summed E-state index contributed by atoms with van der Waals surface area (Å²) in [5, 5.41) is 2.46. The maximum atomic E-state index is 14.1. The molecule has 0 atom stereocenters. The van der Waals surface area contributed by atoms with E-state index >= 15 is 0 Å². The molecule has 0 bridgehead atoms. The first-order valence-electron chi connectivity index (χ1n) is 6.19. The lowest BCUT2D eigenvalue weighted by Gasteiger charge is -2.25. The maximum absolute atomic E-state index is 14.1. The number of anilines is 1. The molecule has 0 aliphatic heterocycles. The summed E-state index contributed by atoms with van der Waals surface area (Å²) in [5.41, 5.74) is -0.811. The Kier molecular flexibility index (Phi) is 4.23. The molecule has 0 spiro atoms. The third-order valence-corrected chi connectivity index (χ3v) is 3.45. The lowest BCUT2D eigenvalue weighted by atomic mass is 9.83. The molecule has 0 unspecified atom stereocenters. The summed E-state index contributed by atoms with van der Waals surface area (Å²) in [4.78, 5) is 16.0. The normalized spacial score (nSPS) is 11.3. The molecule has 2 rings (SSSR count). The van der Waals surface area contributed by atoms with Gasteiger partial charge in [0.25, 0.3) is 0 Å². The molecule has 3 nitrogen and oxygen atoms in total. The van der Waals surface area contributed by atoms with Crippen LogP contribution in [0, 0.1) is 11.6 Å². The number of benzene rings is 1. The van der Waals surface area contributed by atoms with Crippen molar-refractivity contribution in [2.75, 3.05) is 5.32 Å². The smallest absolute Gasteiger partial charge is 0.234 e. The molecule has 21 heavy (non-hydrogen) atoms. The summed E-state index contributed by atoms with van der Waals surface area (Å²) in [5.74, 6) is -1.70. The molecule has 1 aromatic carbocycles. The molecule has 6 heteroatoms. The summed E-state index contributed by atoms with van der Waals surface area (Å²) in [6.45, 7) is 3.12. The van der Waals surface area contributed by atoms with E-state index in [0.29, 0.717) is 0 Å². The topological polar surface area (TPSA) is 42.0 Å². The Hall–Kier alpha value is -2.01. The van der Waals surface area contributed by atoms with E-state index in [-0.39, 0.29) is 16.3 Å². The fourth-order valence-corrected chi connectivity index (χ4v) is 2.05. The molecule has 1 N–H and O–H groups in total. The van der Waals surface area contributed by atoms with Crippen LogP contribution in [-0.2, 0) is 10.2 Å². The summed E-state index contributed by atoms with van der Waals surface area (Å²) >= 11 is 5.74. The van der Waals surface area contributed by atoms with E-state index < -0.39 is 23.0 Å². The van der Waals surface area contributed by atoms with Crippen LogP contribution in [0.5, 0.6) is 0 Å². The largest absolute Gasteiger partial charge is 0.324 e. The number of amides is 1. The number of nitrogens with one attached hydrogen (secondary N) is 1. The Bertz CT molecular complexity index is 689. The Labute approximate surface area is 126 Å². The maximum Gasteiger partial charge on any atom is 0.234 e. The second-order valence-corrected chi connectivity index (χ2v) is 5.48. The highest BCUT2D eigenvalue weighted by atomic mass is 35.5. The molecule has 0 saturated heterocycles. The van der Waals surface area contributed by atoms with Crippen LogP contribution in [0.2, 0.25) is 5.02 Å². The predicted molar refractivity (Wildman–Crippen MR) is 77.3 cm³/mol. The van der Waals surface area contributed by atoms with Gasteiger partial charge in [-0.3, -0.25) is 9.78 Å². The van der Waals surface area contributed by atoms with Crippen LogP contribution in [0.3, 0.4) is 0 Å². The van der Waals surface area contributed by atoms with E-state index in [1.165, 1.54) is 18.3 Å². The number of hydrogen-bond donors (Lipinski definition) is 1. The van der Waals surface area contributed by atoms with Crippen LogP contribution in [0.4, 0.5) is 14.5 Å². The number of halogens is 3. The molecular formula is C15H13ClF2N2O. The van der Waals surface area contributed by atoms with Crippen molar-refractivity contribution in [1.82, 2.24) is 4.98 Å². The number of carbonyl (C=O) groups excluding carboxylic acids is 1. The van der Waals surface area contributed by atoms with Crippen molar-refractivity contribution >= 4 is 23.2 Å². The molecule has 0 saturated carbocycles. The van der Waals surface area contributed by atoms with Gasteiger partial charge in [-0.15, -0.1) is 0 Å². The van der Waals surface area contributed by atoms with Gasteiger partial charge in [0.1, 0.15) is 11.6 Å². The number of aromatic nitrogens is 1. The van der Waals surface area contributed by atoms with Gasteiger partial charge < -0.3 is 5.32 Å². The molecule has 0 radical (unpaired) electrons. The first-order chi connectivity index (χ1) is 9.82. The lowest BCUT2D eigenvalue weighted by molar-refractivity contribution is -0.120. The minimum atomic E-state index is -1.18. The van der Waals surface area contributed by atoms with Crippen LogP contribution < -0.4 is 5.32 Å². The summed E-state index contributed by atoms with van der Waals surface area (Å²) in [7, 11) is 0. The second-order valence-electron chi connectivity index (χ2n) is 5.07. The summed E-state index contributed by atoms with van der Waals surface area (Å²) in [6.07, 6.45) is 2.34. The van der Waals surface area contributed by atoms with Crippen molar-refractivity contribution in [3.05, 3.63) is 58.9 Å². The summed E-state index contributed by atoms with van der Waals surface area (Å²) < 4.78 is 27.1. The Morgan fingerprint density at radius 1 is 1.29 bits per heavy atom.